The van der Waals surface area contributed by atoms with E-state index in [1.54, 1.807) is 6.20 Å². The molecule has 2 saturated carbocycles. The summed E-state index contributed by atoms with van der Waals surface area (Å²) in [6.07, 6.45) is 8.78. The molecular formula is C14H22ClN3. The molecule has 0 radical (unpaired) electrons. The highest BCUT2D eigenvalue weighted by molar-refractivity contribution is 6.31. The van der Waals surface area contributed by atoms with Gasteiger partial charge in [0.1, 0.15) is 0 Å². The summed E-state index contributed by atoms with van der Waals surface area (Å²) in [4.78, 5) is 0. The molecule has 4 unspecified atom stereocenters. The van der Waals surface area contributed by atoms with Crippen molar-refractivity contribution in [2.75, 3.05) is 7.05 Å². The van der Waals surface area contributed by atoms with Crippen LogP contribution in [-0.2, 0) is 7.05 Å². The van der Waals surface area contributed by atoms with E-state index in [0.29, 0.717) is 6.04 Å². The van der Waals surface area contributed by atoms with Crippen LogP contribution < -0.4 is 5.32 Å². The largest absolute Gasteiger partial charge is 0.312 e. The molecule has 1 heterocycles. The van der Waals surface area contributed by atoms with Gasteiger partial charge >= 0.3 is 0 Å². The first-order valence-corrected chi connectivity index (χ1v) is 7.41. The van der Waals surface area contributed by atoms with Crippen LogP contribution in [0.15, 0.2) is 6.20 Å². The van der Waals surface area contributed by atoms with E-state index in [9.17, 15) is 0 Å². The fourth-order valence-electron chi connectivity index (χ4n) is 4.15. The zero-order valence-electron chi connectivity index (χ0n) is 11.2. The summed E-state index contributed by atoms with van der Waals surface area (Å²) in [5.41, 5.74) is 1.14. The Bertz CT molecular complexity index is 409. The molecule has 4 atom stereocenters. The van der Waals surface area contributed by atoms with Crippen LogP contribution in [-0.4, -0.2) is 16.8 Å². The first kappa shape index (κ1) is 12.5. The predicted molar refractivity (Wildman–Crippen MR) is 73.6 cm³/mol. The third-order valence-corrected chi connectivity index (χ3v) is 5.33. The Morgan fingerprint density at radius 3 is 2.83 bits per heavy atom. The lowest BCUT2D eigenvalue weighted by Crippen LogP contribution is -2.24. The van der Waals surface area contributed by atoms with Gasteiger partial charge in [-0.1, -0.05) is 18.0 Å². The van der Waals surface area contributed by atoms with Crippen molar-refractivity contribution in [3.8, 4) is 0 Å². The van der Waals surface area contributed by atoms with Gasteiger partial charge in [0, 0.05) is 7.05 Å². The Labute approximate surface area is 114 Å². The average Bonchev–Trinajstić information content (AvgIpc) is 3.04. The topological polar surface area (TPSA) is 29.9 Å². The molecule has 0 aromatic carbocycles. The number of nitrogens with one attached hydrogen (secondary N) is 1. The molecule has 0 saturated heterocycles. The van der Waals surface area contributed by atoms with E-state index in [1.165, 1.54) is 32.1 Å². The summed E-state index contributed by atoms with van der Waals surface area (Å²) in [7, 11) is 4.01. The Hall–Kier alpha value is -0.540. The van der Waals surface area contributed by atoms with Crippen LogP contribution in [0.25, 0.3) is 0 Å². The molecule has 0 aliphatic heterocycles. The number of nitrogens with zero attached hydrogens (tertiary/aromatic N) is 2. The summed E-state index contributed by atoms with van der Waals surface area (Å²) in [5.74, 6) is 2.87. The smallest absolute Gasteiger partial charge is 0.0833 e. The molecule has 2 fully saturated rings. The van der Waals surface area contributed by atoms with Gasteiger partial charge in [0.05, 0.1) is 23.0 Å². The highest BCUT2D eigenvalue weighted by atomic mass is 35.5. The third-order valence-electron chi connectivity index (χ3n) is 5.04. The van der Waals surface area contributed by atoms with Gasteiger partial charge in [-0.25, -0.2) is 0 Å². The van der Waals surface area contributed by atoms with Gasteiger partial charge in [0.25, 0.3) is 0 Å². The molecule has 4 heteroatoms. The molecule has 0 spiro atoms. The van der Waals surface area contributed by atoms with E-state index in [1.807, 2.05) is 18.8 Å². The van der Waals surface area contributed by atoms with Crippen LogP contribution in [0.2, 0.25) is 5.02 Å². The molecule has 18 heavy (non-hydrogen) atoms. The summed E-state index contributed by atoms with van der Waals surface area (Å²) in [6.45, 7) is 0. The zero-order chi connectivity index (χ0) is 12.7. The Morgan fingerprint density at radius 2 is 2.33 bits per heavy atom. The number of fused-ring (bicyclic) bond motifs is 2. The van der Waals surface area contributed by atoms with Gasteiger partial charge in [-0.05, 0) is 50.5 Å². The minimum Gasteiger partial charge on any atom is -0.312 e. The van der Waals surface area contributed by atoms with E-state index in [0.717, 1.165) is 28.5 Å². The number of rotatable bonds is 4. The molecule has 0 amide bonds. The molecule has 100 valence electrons. The van der Waals surface area contributed by atoms with E-state index < -0.39 is 0 Å². The zero-order valence-corrected chi connectivity index (χ0v) is 12.0. The van der Waals surface area contributed by atoms with Crippen molar-refractivity contribution >= 4 is 11.6 Å². The lowest BCUT2D eigenvalue weighted by atomic mass is 9.83. The van der Waals surface area contributed by atoms with Crippen molar-refractivity contribution in [3.63, 3.8) is 0 Å². The minimum absolute atomic E-state index is 0.342. The van der Waals surface area contributed by atoms with Crippen molar-refractivity contribution in [3.05, 3.63) is 16.9 Å². The molecule has 1 aromatic heterocycles. The standard InChI is InChI=1S/C14H22ClN3/c1-16-13(14-12(15)8-17-18(14)2)7-11-6-9-3-4-10(11)5-9/h8-11,13,16H,3-7H2,1-2H3. The van der Waals surface area contributed by atoms with Gasteiger partial charge in [0.15, 0.2) is 0 Å². The first-order valence-electron chi connectivity index (χ1n) is 7.03. The summed E-state index contributed by atoms with van der Waals surface area (Å²) < 4.78 is 1.91. The number of halogens is 1. The maximum Gasteiger partial charge on any atom is 0.0833 e. The summed E-state index contributed by atoms with van der Waals surface area (Å²) in [5, 5.41) is 8.47. The third kappa shape index (κ3) is 2.08. The quantitative estimate of drug-likeness (QED) is 0.908. The molecule has 3 rings (SSSR count). The second-order valence-corrected chi connectivity index (χ2v) is 6.42. The Balaban J connectivity index is 1.74. The van der Waals surface area contributed by atoms with Crippen LogP contribution in [0, 0.1) is 17.8 Å². The van der Waals surface area contributed by atoms with Crippen LogP contribution in [0.3, 0.4) is 0 Å². The van der Waals surface area contributed by atoms with Crippen LogP contribution in [0.1, 0.15) is 43.8 Å². The number of aromatic nitrogens is 2. The van der Waals surface area contributed by atoms with Crippen molar-refractivity contribution < 1.29 is 0 Å². The van der Waals surface area contributed by atoms with Gasteiger partial charge in [-0.3, -0.25) is 4.68 Å². The van der Waals surface area contributed by atoms with Gasteiger partial charge in [-0.2, -0.15) is 5.10 Å². The fourth-order valence-corrected chi connectivity index (χ4v) is 4.44. The second-order valence-electron chi connectivity index (χ2n) is 6.01. The number of hydrogen-bond donors (Lipinski definition) is 1. The Kier molecular flexibility index (Phi) is 3.37. The van der Waals surface area contributed by atoms with Crippen molar-refractivity contribution in [1.29, 1.82) is 0 Å². The lowest BCUT2D eigenvalue weighted by molar-refractivity contribution is 0.280. The highest BCUT2D eigenvalue weighted by Gasteiger charge is 2.40. The van der Waals surface area contributed by atoms with E-state index in [4.69, 9.17) is 11.6 Å². The van der Waals surface area contributed by atoms with Gasteiger partial charge < -0.3 is 5.32 Å². The SMILES string of the molecule is CNC(CC1CC2CCC1C2)c1c(Cl)cnn1C. The van der Waals surface area contributed by atoms with E-state index >= 15 is 0 Å². The maximum absolute atomic E-state index is 6.26. The van der Waals surface area contributed by atoms with E-state index in [-0.39, 0.29) is 0 Å². The fraction of sp³-hybridized carbons (Fsp3) is 0.786. The van der Waals surface area contributed by atoms with Crippen molar-refractivity contribution in [1.82, 2.24) is 15.1 Å². The molecular weight excluding hydrogens is 246 g/mol. The van der Waals surface area contributed by atoms with Crippen molar-refractivity contribution in [2.45, 2.75) is 38.1 Å². The molecule has 2 aliphatic carbocycles. The monoisotopic (exact) mass is 267 g/mol. The average molecular weight is 268 g/mol. The van der Waals surface area contributed by atoms with Gasteiger partial charge in [-0.15, -0.1) is 0 Å². The molecule has 3 nitrogen and oxygen atoms in total. The van der Waals surface area contributed by atoms with Crippen LogP contribution >= 0.6 is 11.6 Å². The normalized spacial score (nSPS) is 32.1. The predicted octanol–water partition coefficient (Wildman–Crippen LogP) is 3.16. The maximum atomic E-state index is 6.26. The molecule has 1 aromatic rings. The minimum atomic E-state index is 0.342. The van der Waals surface area contributed by atoms with Gasteiger partial charge in [0.2, 0.25) is 0 Å². The Morgan fingerprint density at radius 1 is 1.50 bits per heavy atom. The first-order chi connectivity index (χ1) is 8.69. The second kappa shape index (κ2) is 4.86. The van der Waals surface area contributed by atoms with Crippen molar-refractivity contribution in [2.24, 2.45) is 24.8 Å². The molecule has 2 bridgehead atoms. The van der Waals surface area contributed by atoms with Crippen LogP contribution in [0.5, 0.6) is 0 Å². The number of aryl methyl sites for hydroxylation is 1. The van der Waals surface area contributed by atoms with Crippen LogP contribution in [0.4, 0.5) is 0 Å². The van der Waals surface area contributed by atoms with E-state index in [2.05, 4.69) is 10.4 Å². The highest BCUT2D eigenvalue weighted by Crippen LogP contribution is 2.51. The summed E-state index contributed by atoms with van der Waals surface area (Å²) >= 11 is 6.26. The summed E-state index contributed by atoms with van der Waals surface area (Å²) in [6, 6.07) is 0.342. The lowest BCUT2D eigenvalue weighted by Gasteiger charge is -2.26. The number of hydrogen-bond acceptors (Lipinski definition) is 2. The molecule has 1 N–H and O–H groups in total. The molecule has 2 aliphatic rings.